The van der Waals surface area contributed by atoms with E-state index in [9.17, 15) is 0 Å². The van der Waals surface area contributed by atoms with Gasteiger partial charge >= 0.3 is 0 Å². The van der Waals surface area contributed by atoms with Crippen LogP contribution in [0, 0.1) is 0 Å². The standard InChI is InChI=1S/C10H17N3O2/c1-13(4-3-5-15-2)10-7-11-9(8-14)6-12-10/h6-7,14H,3-5,8H2,1-2H3. The molecule has 0 aliphatic carbocycles. The Balaban J connectivity index is 2.46. The average Bonchev–Trinajstić information content (AvgIpc) is 2.29. The van der Waals surface area contributed by atoms with Gasteiger partial charge in [-0.1, -0.05) is 0 Å². The summed E-state index contributed by atoms with van der Waals surface area (Å²) >= 11 is 0. The minimum Gasteiger partial charge on any atom is -0.390 e. The molecule has 1 aromatic heterocycles. The zero-order chi connectivity index (χ0) is 11.1. The van der Waals surface area contributed by atoms with Crippen LogP contribution in [0.3, 0.4) is 0 Å². The summed E-state index contributed by atoms with van der Waals surface area (Å²) in [6.45, 7) is 1.55. The third-order valence-corrected chi connectivity index (χ3v) is 2.09. The first kappa shape index (κ1) is 11.9. The molecule has 0 radical (unpaired) electrons. The fourth-order valence-corrected chi connectivity index (χ4v) is 1.19. The lowest BCUT2D eigenvalue weighted by atomic mass is 10.4. The van der Waals surface area contributed by atoms with Gasteiger partial charge in [0.15, 0.2) is 0 Å². The first-order valence-corrected chi connectivity index (χ1v) is 4.89. The molecule has 1 aromatic rings. The Morgan fingerprint density at radius 1 is 1.40 bits per heavy atom. The lowest BCUT2D eigenvalue weighted by Gasteiger charge is -2.17. The van der Waals surface area contributed by atoms with Crippen molar-refractivity contribution in [2.24, 2.45) is 0 Å². The van der Waals surface area contributed by atoms with E-state index in [1.54, 1.807) is 19.5 Å². The van der Waals surface area contributed by atoms with Crippen LogP contribution in [0.2, 0.25) is 0 Å². The Morgan fingerprint density at radius 3 is 2.73 bits per heavy atom. The van der Waals surface area contributed by atoms with Crippen LogP contribution in [-0.2, 0) is 11.3 Å². The van der Waals surface area contributed by atoms with Crippen LogP contribution in [0.1, 0.15) is 12.1 Å². The number of ether oxygens (including phenoxy) is 1. The summed E-state index contributed by atoms with van der Waals surface area (Å²) in [6.07, 6.45) is 4.21. The number of nitrogens with zero attached hydrogens (tertiary/aromatic N) is 3. The van der Waals surface area contributed by atoms with E-state index in [2.05, 4.69) is 9.97 Å². The monoisotopic (exact) mass is 211 g/mol. The Hall–Kier alpha value is -1.20. The molecule has 1 N–H and O–H groups in total. The molecule has 0 fully saturated rings. The second-order valence-electron chi connectivity index (χ2n) is 3.29. The maximum atomic E-state index is 8.81. The first-order chi connectivity index (χ1) is 7.27. The van der Waals surface area contributed by atoms with Crippen molar-refractivity contribution < 1.29 is 9.84 Å². The molecule has 0 aromatic carbocycles. The molecule has 84 valence electrons. The number of anilines is 1. The number of hydrogen-bond donors (Lipinski definition) is 1. The van der Waals surface area contributed by atoms with E-state index < -0.39 is 0 Å². The van der Waals surface area contributed by atoms with Crippen molar-refractivity contribution in [1.82, 2.24) is 9.97 Å². The predicted molar refractivity (Wildman–Crippen MR) is 57.7 cm³/mol. The maximum absolute atomic E-state index is 8.81. The van der Waals surface area contributed by atoms with Crippen molar-refractivity contribution in [3.05, 3.63) is 18.1 Å². The molecular formula is C10H17N3O2. The van der Waals surface area contributed by atoms with Gasteiger partial charge in [0.1, 0.15) is 5.82 Å². The summed E-state index contributed by atoms with van der Waals surface area (Å²) in [4.78, 5) is 10.3. The van der Waals surface area contributed by atoms with Crippen LogP contribution in [0.5, 0.6) is 0 Å². The molecule has 1 rings (SSSR count). The molecule has 0 bridgehead atoms. The van der Waals surface area contributed by atoms with Gasteiger partial charge in [0.2, 0.25) is 0 Å². The fraction of sp³-hybridized carbons (Fsp3) is 0.600. The Labute approximate surface area is 89.7 Å². The molecule has 0 unspecified atom stereocenters. The zero-order valence-corrected chi connectivity index (χ0v) is 9.18. The van der Waals surface area contributed by atoms with Crippen LogP contribution in [0.25, 0.3) is 0 Å². The summed E-state index contributed by atoms with van der Waals surface area (Å²) in [5.41, 5.74) is 0.587. The summed E-state index contributed by atoms with van der Waals surface area (Å²) in [5, 5.41) is 8.81. The Bertz CT molecular complexity index is 277. The predicted octanol–water partition coefficient (Wildman–Crippen LogP) is 0.442. The van der Waals surface area contributed by atoms with E-state index in [1.807, 2.05) is 11.9 Å². The van der Waals surface area contributed by atoms with E-state index in [4.69, 9.17) is 9.84 Å². The van der Waals surface area contributed by atoms with Gasteiger partial charge in [-0.05, 0) is 6.42 Å². The lowest BCUT2D eigenvalue weighted by molar-refractivity contribution is 0.196. The van der Waals surface area contributed by atoms with Crippen LogP contribution in [0.4, 0.5) is 5.82 Å². The van der Waals surface area contributed by atoms with E-state index in [-0.39, 0.29) is 6.61 Å². The van der Waals surface area contributed by atoms with Crippen LogP contribution < -0.4 is 4.90 Å². The highest BCUT2D eigenvalue weighted by atomic mass is 16.5. The molecule has 5 nitrogen and oxygen atoms in total. The molecule has 0 saturated carbocycles. The van der Waals surface area contributed by atoms with Gasteiger partial charge in [-0.3, -0.25) is 4.98 Å². The number of hydrogen-bond acceptors (Lipinski definition) is 5. The molecule has 0 spiro atoms. The first-order valence-electron chi connectivity index (χ1n) is 4.89. The van der Waals surface area contributed by atoms with Crippen molar-refractivity contribution in [2.45, 2.75) is 13.0 Å². The van der Waals surface area contributed by atoms with Crippen molar-refractivity contribution in [3.63, 3.8) is 0 Å². The Kier molecular flexibility index (Phi) is 5.00. The van der Waals surface area contributed by atoms with Crippen molar-refractivity contribution in [1.29, 1.82) is 0 Å². The summed E-state index contributed by atoms with van der Waals surface area (Å²) in [7, 11) is 3.65. The van der Waals surface area contributed by atoms with Gasteiger partial charge in [-0.25, -0.2) is 4.98 Å². The second kappa shape index (κ2) is 6.31. The van der Waals surface area contributed by atoms with Gasteiger partial charge < -0.3 is 14.7 Å². The quantitative estimate of drug-likeness (QED) is 0.692. The molecule has 0 amide bonds. The minimum atomic E-state index is -0.0688. The van der Waals surface area contributed by atoms with Crippen molar-refractivity contribution in [2.75, 3.05) is 32.2 Å². The summed E-state index contributed by atoms with van der Waals surface area (Å²) in [6, 6.07) is 0. The van der Waals surface area contributed by atoms with E-state index in [1.165, 1.54) is 0 Å². The topological polar surface area (TPSA) is 58.5 Å². The molecule has 0 saturated heterocycles. The van der Waals surface area contributed by atoms with Gasteiger partial charge in [0.25, 0.3) is 0 Å². The smallest absolute Gasteiger partial charge is 0.146 e. The van der Waals surface area contributed by atoms with Crippen LogP contribution >= 0.6 is 0 Å². The van der Waals surface area contributed by atoms with Crippen molar-refractivity contribution in [3.8, 4) is 0 Å². The molecule has 5 heteroatoms. The average molecular weight is 211 g/mol. The van der Waals surface area contributed by atoms with Crippen molar-refractivity contribution >= 4 is 5.82 Å². The molecule has 0 aliphatic rings. The van der Waals surface area contributed by atoms with Crippen LogP contribution in [0.15, 0.2) is 12.4 Å². The highest BCUT2D eigenvalue weighted by molar-refractivity contribution is 5.34. The molecule has 0 atom stereocenters. The molecule has 1 heterocycles. The van der Waals surface area contributed by atoms with Gasteiger partial charge in [-0.15, -0.1) is 0 Å². The summed E-state index contributed by atoms with van der Waals surface area (Å²) < 4.78 is 4.97. The SMILES string of the molecule is COCCCN(C)c1cnc(CO)cn1. The van der Waals surface area contributed by atoms with Crippen LogP contribution in [-0.4, -0.2) is 42.4 Å². The minimum absolute atomic E-state index is 0.0688. The second-order valence-corrected chi connectivity index (χ2v) is 3.29. The Morgan fingerprint density at radius 2 is 2.20 bits per heavy atom. The highest BCUT2D eigenvalue weighted by Gasteiger charge is 2.02. The van der Waals surface area contributed by atoms with E-state index in [0.29, 0.717) is 5.69 Å². The summed E-state index contributed by atoms with van der Waals surface area (Å²) in [5.74, 6) is 0.809. The number of methoxy groups -OCH3 is 1. The molecule has 15 heavy (non-hydrogen) atoms. The number of aliphatic hydroxyl groups excluding tert-OH is 1. The van der Waals surface area contributed by atoms with Gasteiger partial charge in [-0.2, -0.15) is 0 Å². The number of aromatic nitrogens is 2. The highest BCUT2D eigenvalue weighted by Crippen LogP contribution is 2.06. The fourth-order valence-electron chi connectivity index (χ4n) is 1.19. The molecule has 0 aliphatic heterocycles. The maximum Gasteiger partial charge on any atom is 0.146 e. The van der Waals surface area contributed by atoms with Gasteiger partial charge in [0, 0.05) is 27.3 Å². The van der Waals surface area contributed by atoms with E-state index in [0.717, 1.165) is 25.4 Å². The third kappa shape index (κ3) is 3.81. The third-order valence-electron chi connectivity index (χ3n) is 2.09. The zero-order valence-electron chi connectivity index (χ0n) is 9.18. The molecular weight excluding hydrogens is 194 g/mol. The number of rotatable bonds is 6. The number of aliphatic hydroxyl groups is 1. The van der Waals surface area contributed by atoms with Gasteiger partial charge in [0.05, 0.1) is 24.7 Å². The van der Waals surface area contributed by atoms with E-state index >= 15 is 0 Å². The lowest BCUT2D eigenvalue weighted by Crippen LogP contribution is -2.21. The largest absolute Gasteiger partial charge is 0.390 e. The normalized spacial score (nSPS) is 10.3.